The molecule has 0 aliphatic heterocycles. The number of nitrogens with zero attached hydrogens (tertiary/aromatic N) is 8. The molecule has 376 valence electrons. The molecule has 0 atom stereocenters. The Kier molecular flexibility index (Phi) is 13.6. The molecule has 0 heterocycles. The molecule has 0 amide bonds. The van der Waals surface area contributed by atoms with Crippen LogP contribution in [0, 0.1) is 20.8 Å². The van der Waals surface area contributed by atoms with E-state index in [2.05, 4.69) is 40.9 Å². The predicted octanol–water partition coefficient (Wildman–Crippen LogP) is 12.3. The standard InChI is InChI=1S/C48H38N10O13S3/c1-23-16-26(8-11-34(23)52-51-29-10-14-39(59)33(21-29)48(61)62)27-9-12-35(24(2)17-27)53-58-46-43(49)25(3)18-38(44(46)50)56-55-37-22-32-28(19-41(37)73(66,67)68)20-42(74(69,70)71)45(47(32)60)57-54-36-13-15-40(72(63,64)65)31-7-5-4-6-30(31)36/h4-22,59-60H,49-50H2,1-3H3,(H,61,62)(H,63,64,65)(H,66,67,68)(H,69,70,71). The highest BCUT2D eigenvalue weighted by Gasteiger charge is 2.26. The molecule has 8 aromatic carbocycles. The summed E-state index contributed by atoms with van der Waals surface area (Å²) in [5.74, 6) is -2.65. The van der Waals surface area contributed by atoms with Gasteiger partial charge in [0.05, 0.1) is 34.1 Å². The van der Waals surface area contributed by atoms with Crippen molar-refractivity contribution in [3.8, 4) is 22.6 Å². The molecule has 8 aromatic rings. The Morgan fingerprint density at radius 3 is 1.58 bits per heavy atom. The zero-order chi connectivity index (χ0) is 53.6. The number of hydrogen-bond donors (Lipinski definition) is 8. The van der Waals surface area contributed by atoms with E-state index in [-0.39, 0.29) is 61.2 Å². The van der Waals surface area contributed by atoms with E-state index in [1.165, 1.54) is 48.5 Å². The van der Waals surface area contributed by atoms with Gasteiger partial charge in [-0.05, 0) is 133 Å². The molecule has 0 bridgehead atoms. The second-order valence-corrected chi connectivity index (χ2v) is 20.5. The molecule has 0 saturated heterocycles. The fourth-order valence-electron chi connectivity index (χ4n) is 7.59. The van der Waals surface area contributed by atoms with Crippen LogP contribution in [0.2, 0.25) is 0 Å². The first-order chi connectivity index (χ1) is 34.8. The first kappa shape index (κ1) is 51.4. The number of aromatic hydroxyl groups is 2. The average Bonchev–Trinajstić information content (AvgIpc) is 3.33. The van der Waals surface area contributed by atoms with Crippen molar-refractivity contribution in [2.45, 2.75) is 35.5 Å². The lowest BCUT2D eigenvalue weighted by Gasteiger charge is -2.12. The molecule has 74 heavy (non-hydrogen) atoms. The van der Waals surface area contributed by atoms with Crippen LogP contribution >= 0.6 is 0 Å². The number of carbonyl (C=O) groups is 1. The third-order valence-corrected chi connectivity index (χ3v) is 14.0. The van der Waals surface area contributed by atoms with Gasteiger partial charge < -0.3 is 26.8 Å². The summed E-state index contributed by atoms with van der Waals surface area (Å²) >= 11 is 0. The van der Waals surface area contributed by atoms with Crippen LogP contribution in [0.3, 0.4) is 0 Å². The Morgan fingerprint density at radius 2 is 0.986 bits per heavy atom. The summed E-state index contributed by atoms with van der Waals surface area (Å²) in [7, 11) is -15.1. The number of fused-ring (bicyclic) bond motifs is 2. The lowest BCUT2D eigenvalue weighted by molar-refractivity contribution is 0.0693. The van der Waals surface area contributed by atoms with Crippen LogP contribution in [-0.4, -0.2) is 60.2 Å². The summed E-state index contributed by atoms with van der Waals surface area (Å²) in [5, 5.41) is 63.3. The monoisotopic (exact) mass is 1060 g/mol. The first-order valence-corrected chi connectivity index (χ1v) is 25.5. The molecule has 0 saturated carbocycles. The zero-order valence-corrected chi connectivity index (χ0v) is 40.9. The zero-order valence-electron chi connectivity index (χ0n) is 38.5. The van der Waals surface area contributed by atoms with Crippen molar-refractivity contribution in [3.63, 3.8) is 0 Å². The van der Waals surface area contributed by atoms with Gasteiger partial charge in [-0.25, -0.2) is 4.79 Å². The highest BCUT2D eigenvalue weighted by molar-refractivity contribution is 7.86. The van der Waals surface area contributed by atoms with Crippen LogP contribution in [0.25, 0.3) is 32.7 Å². The van der Waals surface area contributed by atoms with E-state index in [4.69, 9.17) is 11.5 Å². The van der Waals surface area contributed by atoms with Crippen LogP contribution in [0.4, 0.5) is 56.9 Å². The molecule has 8 rings (SSSR count). The van der Waals surface area contributed by atoms with Crippen molar-refractivity contribution in [2.75, 3.05) is 11.5 Å². The number of nitrogen functional groups attached to an aromatic ring is 2. The summed E-state index contributed by atoms with van der Waals surface area (Å²) in [6.07, 6.45) is 0. The molecule has 0 aliphatic rings. The predicted molar refractivity (Wildman–Crippen MR) is 272 cm³/mol. The molecule has 26 heteroatoms. The molecule has 23 nitrogen and oxygen atoms in total. The van der Waals surface area contributed by atoms with Gasteiger partial charge in [-0.2, -0.15) is 40.6 Å². The maximum atomic E-state index is 12.7. The lowest BCUT2D eigenvalue weighted by Crippen LogP contribution is -2.01. The third kappa shape index (κ3) is 10.5. The molecule has 0 unspecified atom stereocenters. The van der Waals surface area contributed by atoms with E-state index < -0.39 is 73.9 Å². The molecule has 0 fully saturated rings. The number of carboxylic acids is 1. The second-order valence-electron chi connectivity index (χ2n) is 16.4. The van der Waals surface area contributed by atoms with Crippen molar-refractivity contribution in [1.29, 1.82) is 0 Å². The van der Waals surface area contributed by atoms with Gasteiger partial charge >= 0.3 is 5.97 Å². The number of benzene rings is 8. The maximum Gasteiger partial charge on any atom is 0.339 e. The Labute approximate surface area is 419 Å². The highest BCUT2D eigenvalue weighted by atomic mass is 32.2. The van der Waals surface area contributed by atoms with Crippen molar-refractivity contribution in [3.05, 3.63) is 138 Å². The van der Waals surface area contributed by atoms with Gasteiger partial charge in [-0.3, -0.25) is 13.7 Å². The number of phenols is 2. The average molecular weight is 1060 g/mol. The highest BCUT2D eigenvalue weighted by Crippen LogP contribution is 2.46. The first-order valence-electron chi connectivity index (χ1n) is 21.2. The van der Waals surface area contributed by atoms with E-state index in [0.717, 1.165) is 47.0 Å². The van der Waals surface area contributed by atoms with Crippen LogP contribution in [-0.2, 0) is 30.4 Å². The maximum absolute atomic E-state index is 12.7. The molecule has 0 aromatic heterocycles. The van der Waals surface area contributed by atoms with E-state index in [1.807, 2.05) is 31.2 Å². The minimum Gasteiger partial charge on any atom is -0.507 e. The smallest absolute Gasteiger partial charge is 0.339 e. The molecular weight excluding hydrogens is 1020 g/mol. The number of hydrogen-bond acceptors (Lipinski definition) is 19. The number of phenolic OH excluding ortho intramolecular Hbond substituents is 1. The van der Waals surface area contributed by atoms with Crippen LogP contribution in [0.15, 0.2) is 171 Å². The van der Waals surface area contributed by atoms with Gasteiger partial charge in [0.15, 0.2) is 5.75 Å². The molecule has 0 radical (unpaired) electrons. The number of aryl methyl sites for hydroxylation is 3. The second kappa shape index (κ2) is 19.6. The number of nitrogens with two attached hydrogens (primary N) is 2. The van der Waals surface area contributed by atoms with Crippen molar-refractivity contribution < 1.29 is 59.0 Å². The summed E-state index contributed by atoms with van der Waals surface area (Å²) in [4.78, 5) is 9.00. The Hall–Kier alpha value is -8.92. The summed E-state index contributed by atoms with van der Waals surface area (Å²) in [6.45, 7) is 5.24. The van der Waals surface area contributed by atoms with E-state index in [9.17, 15) is 59.0 Å². The third-order valence-electron chi connectivity index (χ3n) is 11.4. The van der Waals surface area contributed by atoms with Crippen LogP contribution in [0.1, 0.15) is 27.0 Å². The fraction of sp³-hybridized carbons (Fsp3) is 0.0625. The lowest BCUT2D eigenvalue weighted by atomic mass is 10.0. The van der Waals surface area contributed by atoms with Gasteiger partial charge in [-0.1, -0.05) is 36.4 Å². The summed E-state index contributed by atoms with van der Waals surface area (Å²) < 4.78 is 105. The fourth-order valence-corrected chi connectivity index (χ4v) is 9.58. The van der Waals surface area contributed by atoms with E-state index in [1.54, 1.807) is 26.0 Å². The molecule has 10 N–H and O–H groups in total. The van der Waals surface area contributed by atoms with Crippen molar-refractivity contribution in [1.82, 2.24) is 0 Å². The summed E-state index contributed by atoms with van der Waals surface area (Å²) in [6, 6.07) is 26.6. The quantitative estimate of drug-likeness (QED) is 0.0302. The number of anilines is 2. The largest absolute Gasteiger partial charge is 0.507 e. The van der Waals surface area contributed by atoms with Gasteiger partial charge in [0.25, 0.3) is 30.4 Å². The number of rotatable bonds is 13. The van der Waals surface area contributed by atoms with Gasteiger partial charge in [0, 0.05) is 16.2 Å². The normalized spacial score (nSPS) is 12.6. The SMILES string of the molecule is Cc1cc(-c2ccc(N=Nc3c(N)c(C)cc(N=Nc4cc5c(O)c(N=Nc6ccc(S(=O)(=O)O)c7ccccc67)c(S(=O)(=O)O)cc5cc4S(=O)(=O)O)c3N)c(C)c2)ccc1N=Nc1ccc(O)c(C(=O)O)c1. The molecule has 0 aliphatic carbocycles. The van der Waals surface area contributed by atoms with Crippen LogP contribution in [0.5, 0.6) is 11.5 Å². The van der Waals surface area contributed by atoms with E-state index in [0.29, 0.717) is 22.5 Å². The molecule has 0 spiro atoms. The van der Waals surface area contributed by atoms with Crippen LogP contribution < -0.4 is 11.5 Å². The Balaban J connectivity index is 1.11. The topological polar surface area (TPSA) is 392 Å². The minimum absolute atomic E-state index is 0.0198. The Morgan fingerprint density at radius 1 is 0.459 bits per heavy atom. The Bertz CT molecular complexity index is 4190. The van der Waals surface area contributed by atoms with Gasteiger partial charge in [0.2, 0.25) is 0 Å². The number of azo groups is 4. The van der Waals surface area contributed by atoms with Gasteiger partial charge in [-0.15, -0.1) is 25.6 Å². The number of carboxylic acid groups (broad SMARTS) is 1. The van der Waals surface area contributed by atoms with Crippen molar-refractivity contribution in [2.24, 2.45) is 40.9 Å². The number of aromatic carboxylic acids is 1. The summed E-state index contributed by atoms with van der Waals surface area (Å²) in [5.41, 5.74) is 15.7. The van der Waals surface area contributed by atoms with E-state index >= 15 is 0 Å². The molecular formula is C48H38N10O13S3. The van der Waals surface area contributed by atoms with Crippen molar-refractivity contribution >= 4 is 115 Å². The minimum atomic E-state index is -5.24. The van der Waals surface area contributed by atoms with Gasteiger partial charge in [0.1, 0.15) is 48.7 Å².